The molecule has 0 fully saturated rings. The number of carbonyl (C=O) groups is 2. The average Bonchev–Trinajstić information content (AvgIpc) is 3.18. The molecule has 3 N–H and O–H groups in total. The third-order valence-corrected chi connectivity index (χ3v) is 6.32. The minimum Gasteiger partial charge on any atom is -0.504 e. The molecule has 0 radical (unpaired) electrons. The number of anilines is 1. The molecule has 0 bridgehead atoms. The maximum absolute atomic E-state index is 13.6. The normalized spacial score (nSPS) is 11.2. The van der Waals surface area contributed by atoms with Crippen LogP contribution in [0.15, 0.2) is 47.5 Å². The first-order valence-corrected chi connectivity index (χ1v) is 10.3. The van der Waals surface area contributed by atoms with Crippen LogP contribution in [-0.2, 0) is 10.0 Å². The molecule has 0 atom stereocenters. The number of phenols is 1. The second-order valence-electron chi connectivity index (χ2n) is 5.73. The number of nitrogens with one attached hydrogen (secondary N) is 2. The molecular formula is C18H14FN3O5S2. The minimum atomic E-state index is -3.54. The molecule has 0 spiro atoms. The fourth-order valence-corrected chi connectivity index (χ4v) is 3.94. The van der Waals surface area contributed by atoms with Gasteiger partial charge in [0, 0.05) is 11.8 Å². The van der Waals surface area contributed by atoms with E-state index in [-0.39, 0.29) is 27.4 Å². The maximum atomic E-state index is 13.6. The van der Waals surface area contributed by atoms with Crippen LogP contribution >= 0.6 is 11.3 Å². The molecule has 11 heteroatoms. The number of hydrogen-bond donors (Lipinski definition) is 3. The summed E-state index contributed by atoms with van der Waals surface area (Å²) in [5.74, 6) is -2.61. The Labute approximate surface area is 169 Å². The van der Waals surface area contributed by atoms with Crippen molar-refractivity contribution in [3.8, 4) is 16.2 Å². The monoisotopic (exact) mass is 435 g/mol. The number of carbonyl (C=O) groups excluding carboxylic acids is 2. The van der Waals surface area contributed by atoms with Crippen LogP contribution in [0.4, 0.5) is 9.52 Å². The Bertz CT molecular complexity index is 1190. The van der Waals surface area contributed by atoms with Crippen LogP contribution < -0.4 is 10.0 Å². The lowest BCUT2D eigenvalue weighted by molar-refractivity contribution is 0.102. The van der Waals surface area contributed by atoms with Crippen LogP contribution in [0.2, 0.25) is 0 Å². The second kappa shape index (κ2) is 8.07. The van der Waals surface area contributed by atoms with E-state index in [1.165, 1.54) is 25.4 Å². The van der Waals surface area contributed by atoms with Crippen molar-refractivity contribution in [3.05, 3.63) is 59.5 Å². The Kier molecular flexibility index (Phi) is 5.73. The lowest BCUT2D eigenvalue weighted by Crippen LogP contribution is -2.18. The fraction of sp³-hybridized carbons (Fsp3) is 0.0556. The number of thiazole rings is 1. The zero-order valence-electron chi connectivity index (χ0n) is 14.8. The maximum Gasteiger partial charge on any atom is 0.257 e. The van der Waals surface area contributed by atoms with Crippen LogP contribution in [0.1, 0.15) is 20.7 Å². The highest BCUT2D eigenvalue weighted by Crippen LogP contribution is 2.30. The first-order valence-electron chi connectivity index (χ1n) is 8.04. The van der Waals surface area contributed by atoms with Gasteiger partial charge < -0.3 is 5.11 Å². The number of hydrogen-bond acceptors (Lipinski definition) is 7. The Hall–Kier alpha value is -3.15. The summed E-state index contributed by atoms with van der Waals surface area (Å²) in [6, 6.07) is 7.98. The van der Waals surface area contributed by atoms with Crippen LogP contribution in [0.25, 0.3) is 10.4 Å². The van der Waals surface area contributed by atoms with E-state index in [0.717, 1.165) is 23.5 Å². The van der Waals surface area contributed by atoms with E-state index in [1.807, 2.05) is 0 Å². The summed E-state index contributed by atoms with van der Waals surface area (Å²) in [6.45, 7) is 0. The number of nitrogens with zero attached hydrogens (tertiary/aromatic N) is 1. The number of benzene rings is 2. The molecule has 3 rings (SSSR count). The number of aromatic hydroxyl groups is 1. The number of amides is 1. The summed E-state index contributed by atoms with van der Waals surface area (Å²) in [7, 11) is -2.22. The van der Waals surface area contributed by atoms with Crippen molar-refractivity contribution in [1.29, 1.82) is 0 Å². The molecule has 0 unspecified atom stereocenters. The van der Waals surface area contributed by atoms with E-state index in [2.05, 4.69) is 15.0 Å². The molecule has 0 aliphatic carbocycles. The van der Waals surface area contributed by atoms with Crippen molar-refractivity contribution in [3.63, 3.8) is 0 Å². The standard InChI is InChI=1S/C18H14FN3O5S2/c1-20-29(26,27)13-4-2-10(3-5-13)15-8-21-18(28-15)22-17(25)11-6-12(9-23)16(24)14(19)7-11/h2-9,20,24H,1H3,(H,21,22,25). The molecule has 0 aliphatic rings. The van der Waals surface area contributed by atoms with E-state index in [4.69, 9.17) is 0 Å². The quantitative estimate of drug-likeness (QED) is 0.511. The van der Waals surface area contributed by atoms with Crippen LogP contribution in [0.3, 0.4) is 0 Å². The van der Waals surface area contributed by atoms with Gasteiger partial charge in [0.2, 0.25) is 10.0 Å². The van der Waals surface area contributed by atoms with Gasteiger partial charge in [0.05, 0.1) is 15.3 Å². The molecule has 2 aromatic carbocycles. The number of aromatic nitrogens is 1. The molecule has 8 nitrogen and oxygen atoms in total. The van der Waals surface area contributed by atoms with Gasteiger partial charge >= 0.3 is 0 Å². The second-order valence-corrected chi connectivity index (χ2v) is 8.65. The summed E-state index contributed by atoms with van der Waals surface area (Å²) in [5, 5.41) is 12.1. The van der Waals surface area contributed by atoms with Crippen molar-refractivity contribution in [2.24, 2.45) is 0 Å². The predicted molar refractivity (Wildman–Crippen MR) is 105 cm³/mol. The number of rotatable bonds is 6. The summed E-state index contributed by atoms with van der Waals surface area (Å²) in [6.07, 6.45) is 1.74. The first kappa shape index (κ1) is 20.6. The van der Waals surface area contributed by atoms with E-state index in [9.17, 15) is 27.5 Å². The summed E-state index contributed by atoms with van der Waals surface area (Å²) in [5.41, 5.74) is 0.198. The highest BCUT2D eigenvalue weighted by atomic mass is 32.2. The van der Waals surface area contributed by atoms with Gasteiger partial charge in [0.15, 0.2) is 23.0 Å². The Morgan fingerprint density at radius 1 is 1.24 bits per heavy atom. The van der Waals surface area contributed by atoms with Crippen molar-refractivity contribution in [2.45, 2.75) is 4.90 Å². The number of sulfonamides is 1. The Morgan fingerprint density at radius 3 is 2.55 bits per heavy atom. The SMILES string of the molecule is CNS(=O)(=O)c1ccc(-c2cnc(NC(=O)c3cc(F)c(O)c(C=O)c3)s2)cc1. The molecule has 1 aromatic heterocycles. The molecule has 0 aliphatic heterocycles. The van der Waals surface area contributed by atoms with Crippen LogP contribution in [0, 0.1) is 5.82 Å². The molecule has 1 heterocycles. The van der Waals surface area contributed by atoms with Gasteiger partial charge in [-0.2, -0.15) is 0 Å². The molecule has 29 heavy (non-hydrogen) atoms. The van der Waals surface area contributed by atoms with Crippen molar-refractivity contribution >= 4 is 38.7 Å². The lowest BCUT2D eigenvalue weighted by atomic mass is 10.1. The predicted octanol–water partition coefficient (Wildman–Crippen LogP) is 2.63. The van der Waals surface area contributed by atoms with Crippen LogP contribution in [-0.4, -0.2) is 37.7 Å². The van der Waals surface area contributed by atoms with Crippen molar-refractivity contribution in [2.75, 3.05) is 12.4 Å². The van der Waals surface area contributed by atoms with Gasteiger partial charge in [-0.1, -0.05) is 23.5 Å². The third kappa shape index (κ3) is 4.31. The molecular weight excluding hydrogens is 421 g/mol. The first-order chi connectivity index (χ1) is 13.7. The highest BCUT2D eigenvalue weighted by Gasteiger charge is 2.16. The molecule has 150 valence electrons. The zero-order chi connectivity index (χ0) is 21.2. The van der Waals surface area contributed by atoms with Gasteiger partial charge in [-0.3, -0.25) is 14.9 Å². The Morgan fingerprint density at radius 2 is 1.93 bits per heavy atom. The van der Waals surface area contributed by atoms with E-state index < -0.39 is 27.5 Å². The lowest BCUT2D eigenvalue weighted by Gasteiger charge is -2.05. The summed E-state index contributed by atoms with van der Waals surface area (Å²) in [4.78, 5) is 28.0. The zero-order valence-corrected chi connectivity index (χ0v) is 16.5. The minimum absolute atomic E-state index is 0.113. The van der Waals surface area contributed by atoms with Gasteiger partial charge in [-0.15, -0.1) is 0 Å². The van der Waals surface area contributed by atoms with Gasteiger partial charge in [0.1, 0.15) is 0 Å². The number of aldehydes is 1. The average molecular weight is 435 g/mol. The van der Waals surface area contributed by atoms with Gasteiger partial charge in [0.25, 0.3) is 5.91 Å². The van der Waals surface area contributed by atoms with Crippen LogP contribution in [0.5, 0.6) is 5.75 Å². The molecule has 0 saturated heterocycles. The molecule has 1 amide bonds. The third-order valence-electron chi connectivity index (χ3n) is 3.93. The summed E-state index contributed by atoms with van der Waals surface area (Å²) >= 11 is 1.12. The largest absolute Gasteiger partial charge is 0.504 e. The molecule has 3 aromatic rings. The Balaban J connectivity index is 1.79. The van der Waals surface area contributed by atoms with Gasteiger partial charge in [-0.25, -0.2) is 22.5 Å². The van der Waals surface area contributed by atoms with Crippen molar-refractivity contribution < 1.29 is 27.5 Å². The highest BCUT2D eigenvalue weighted by molar-refractivity contribution is 7.89. The van der Waals surface area contributed by atoms with E-state index in [1.54, 1.807) is 12.1 Å². The molecule has 0 saturated carbocycles. The fourth-order valence-electron chi connectivity index (χ4n) is 2.39. The van der Waals surface area contributed by atoms with Gasteiger partial charge in [-0.05, 0) is 36.9 Å². The summed E-state index contributed by atoms with van der Waals surface area (Å²) < 4.78 is 39.4. The number of phenolic OH excluding ortho intramolecular Hbond substituents is 1. The van der Waals surface area contributed by atoms with E-state index >= 15 is 0 Å². The van der Waals surface area contributed by atoms with Crippen molar-refractivity contribution in [1.82, 2.24) is 9.71 Å². The smallest absolute Gasteiger partial charge is 0.257 e. The number of halogens is 1. The van der Waals surface area contributed by atoms with E-state index in [0.29, 0.717) is 10.4 Å². The topological polar surface area (TPSA) is 125 Å².